The van der Waals surface area contributed by atoms with Gasteiger partial charge in [-0.05, 0) is 13.0 Å². The van der Waals surface area contributed by atoms with Crippen molar-refractivity contribution in [3.05, 3.63) is 35.5 Å². The number of esters is 1. The fourth-order valence-electron chi connectivity index (χ4n) is 1.89. The fraction of sp³-hybridized carbons (Fsp3) is 0.167. The van der Waals surface area contributed by atoms with Gasteiger partial charge in [0, 0.05) is 11.1 Å². The van der Waals surface area contributed by atoms with Crippen molar-refractivity contribution in [3.8, 4) is 0 Å². The van der Waals surface area contributed by atoms with Crippen LogP contribution in [-0.2, 0) is 9.53 Å². The summed E-state index contributed by atoms with van der Waals surface area (Å²) >= 11 is 0. The van der Waals surface area contributed by atoms with Crippen molar-refractivity contribution >= 4 is 23.3 Å². The van der Waals surface area contributed by atoms with E-state index in [9.17, 15) is 9.59 Å². The monoisotopic (exact) mass is 217 g/mol. The Morgan fingerprint density at radius 3 is 2.69 bits per heavy atom. The standard InChI is InChI=1S/C12H11NO3/c1-8-11(12(15)16-2)9-5-3-4-6-10(9)13(8)7-14/h3-7H,1-2H3. The molecule has 0 spiro atoms. The summed E-state index contributed by atoms with van der Waals surface area (Å²) in [5.41, 5.74) is 1.77. The molecule has 2 aromatic rings. The first-order valence-electron chi connectivity index (χ1n) is 4.83. The van der Waals surface area contributed by atoms with Crippen LogP contribution in [0.5, 0.6) is 0 Å². The van der Waals surface area contributed by atoms with E-state index < -0.39 is 5.97 Å². The van der Waals surface area contributed by atoms with E-state index in [1.807, 2.05) is 12.1 Å². The number of benzene rings is 1. The van der Waals surface area contributed by atoms with Crippen LogP contribution in [0.4, 0.5) is 0 Å². The Hall–Kier alpha value is -2.10. The Balaban J connectivity index is 2.87. The number of aromatic nitrogens is 1. The molecular formula is C12H11NO3. The summed E-state index contributed by atoms with van der Waals surface area (Å²) in [4.78, 5) is 22.6. The molecule has 0 aliphatic rings. The van der Waals surface area contributed by atoms with Gasteiger partial charge in [-0.15, -0.1) is 0 Å². The van der Waals surface area contributed by atoms with Crippen LogP contribution < -0.4 is 0 Å². The van der Waals surface area contributed by atoms with E-state index in [0.717, 1.165) is 10.9 Å². The normalized spacial score (nSPS) is 10.4. The molecule has 0 aliphatic carbocycles. The van der Waals surface area contributed by atoms with Gasteiger partial charge in [-0.25, -0.2) is 4.79 Å². The van der Waals surface area contributed by atoms with E-state index in [1.165, 1.54) is 11.7 Å². The molecule has 82 valence electrons. The average Bonchev–Trinajstić information content (AvgIpc) is 2.60. The molecule has 4 heteroatoms. The Kier molecular flexibility index (Phi) is 2.48. The van der Waals surface area contributed by atoms with Crippen LogP contribution in [-0.4, -0.2) is 24.1 Å². The predicted molar refractivity (Wildman–Crippen MR) is 60.2 cm³/mol. The molecule has 0 bridgehead atoms. The van der Waals surface area contributed by atoms with Crippen LogP contribution in [0.3, 0.4) is 0 Å². The second-order valence-electron chi connectivity index (χ2n) is 3.44. The van der Waals surface area contributed by atoms with Gasteiger partial charge >= 0.3 is 5.97 Å². The first-order chi connectivity index (χ1) is 7.70. The summed E-state index contributed by atoms with van der Waals surface area (Å²) in [7, 11) is 1.33. The fourth-order valence-corrected chi connectivity index (χ4v) is 1.89. The second-order valence-corrected chi connectivity index (χ2v) is 3.44. The van der Waals surface area contributed by atoms with Gasteiger partial charge in [0.15, 0.2) is 0 Å². The topological polar surface area (TPSA) is 48.3 Å². The molecule has 0 amide bonds. The highest BCUT2D eigenvalue weighted by Gasteiger charge is 2.19. The molecule has 16 heavy (non-hydrogen) atoms. The van der Waals surface area contributed by atoms with Gasteiger partial charge in [0.2, 0.25) is 6.41 Å². The summed E-state index contributed by atoms with van der Waals surface area (Å²) in [5, 5.41) is 0.735. The van der Waals surface area contributed by atoms with Crippen LogP contribution in [0, 0.1) is 6.92 Å². The largest absolute Gasteiger partial charge is 0.465 e. The zero-order chi connectivity index (χ0) is 11.7. The van der Waals surface area contributed by atoms with Crippen LogP contribution in [0.2, 0.25) is 0 Å². The Bertz CT molecular complexity index is 569. The number of carbonyl (C=O) groups excluding carboxylic acids is 2. The number of rotatable bonds is 2. The molecule has 1 aromatic heterocycles. The SMILES string of the molecule is COC(=O)c1c(C)n(C=O)c2ccccc12. The van der Waals surface area contributed by atoms with Gasteiger partial charge in [0.25, 0.3) is 0 Å². The van der Waals surface area contributed by atoms with Crippen molar-refractivity contribution in [1.29, 1.82) is 0 Å². The molecule has 1 heterocycles. The van der Waals surface area contributed by atoms with Crippen LogP contribution in [0.1, 0.15) is 16.1 Å². The number of nitrogens with zero attached hydrogens (tertiary/aromatic N) is 1. The quantitative estimate of drug-likeness (QED) is 0.569. The summed E-state index contributed by atoms with van der Waals surface area (Å²) < 4.78 is 6.16. The Labute approximate surface area is 92.4 Å². The van der Waals surface area contributed by atoms with Crippen LogP contribution >= 0.6 is 0 Å². The predicted octanol–water partition coefficient (Wildman–Crippen LogP) is 1.77. The zero-order valence-electron chi connectivity index (χ0n) is 9.06. The van der Waals surface area contributed by atoms with Crippen molar-refractivity contribution < 1.29 is 14.3 Å². The number of methoxy groups -OCH3 is 1. The highest BCUT2D eigenvalue weighted by atomic mass is 16.5. The molecule has 0 fully saturated rings. The molecule has 0 unspecified atom stereocenters. The minimum atomic E-state index is -0.422. The van der Waals surface area contributed by atoms with Gasteiger partial charge in [-0.1, -0.05) is 18.2 Å². The van der Waals surface area contributed by atoms with Gasteiger partial charge in [-0.3, -0.25) is 9.36 Å². The highest BCUT2D eigenvalue weighted by Crippen LogP contribution is 2.25. The Morgan fingerprint density at radius 1 is 1.38 bits per heavy atom. The lowest BCUT2D eigenvalue weighted by Gasteiger charge is -1.98. The lowest BCUT2D eigenvalue weighted by atomic mass is 10.1. The smallest absolute Gasteiger partial charge is 0.340 e. The molecule has 0 N–H and O–H groups in total. The molecule has 0 aliphatic heterocycles. The lowest BCUT2D eigenvalue weighted by molar-refractivity contribution is 0.0602. The van der Waals surface area contributed by atoms with Crippen molar-refractivity contribution in [2.75, 3.05) is 7.11 Å². The van der Waals surface area contributed by atoms with Crippen molar-refractivity contribution in [2.45, 2.75) is 6.92 Å². The van der Waals surface area contributed by atoms with Gasteiger partial charge in [0.1, 0.15) is 0 Å². The van der Waals surface area contributed by atoms with Gasteiger partial charge in [0.05, 0.1) is 18.2 Å². The third kappa shape index (κ3) is 1.31. The summed E-state index contributed by atoms with van der Waals surface area (Å²) in [5.74, 6) is -0.422. The maximum atomic E-state index is 11.6. The molecule has 4 nitrogen and oxygen atoms in total. The molecule has 0 saturated heterocycles. The minimum Gasteiger partial charge on any atom is -0.465 e. The number of carbonyl (C=O) groups is 2. The molecular weight excluding hydrogens is 206 g/mol. The van der Waals surface area contributed by atoms with E-state index in [0.29, 0.717) is 17.7 Å². The average molecular weight is 217 g/mol. The first-order valence-corrected chi connectivity index (χ1v) is 4.83. The van der Waals surface area contributed by atoms with E-state index in [-0.39, 0.29) is 0 Å². The summed E-state index contributed by atoms with van der Waals surface area (Å²) in [6.45, 7) is 1.72. The molecule has 0 saturated carbocycles. The maximum absolute atomic E-state index is 11.6. The number of hydrogen-bond acceptors (Lipinski definition) is 3. The number of hydrogen-bond donors (Lipinski definition) is 0. The van der Waals surface area contributed by atoms with Gasteiger partial charge < -0.3 is 4.74 Å². The molecule has 0 atom stereocenters. The number of fused-ring (bicyclic) bond motifs is 1. The summed E-state index contributed by atoms with van der Waals surface area (Å²) in [6, 6.07) is 7.24. The van der Waals surface area contributed by atoms with Crippen molar-refractivity contribution in [3.63, 3.8) is 0 Å². The molecule has 2 rings (SSSR count). The zero-order valence-corrected chi connectivity index (χ0v) is 9.06. The highest BCUT2D eigenvalue weighted by molar-refractivity contribution is 6.07. The third-order valence-corrected chi connectivity index (χ3v) is 2.65. The van der Waals surface area contributed by atoms with E-state index in [1.54, 1.807) is 19.1 Å². The van der Waals surface area contributed by atoms with Crippen LogP contribution in [0.25, 0.3) is 10.9 Å². The number of para-hydroxylation sites is 1. The second kappa shape index (κ2) is 3.81. The lowest BCUT2D eigenvalue weighted by Crippen LogP contribution is -2.04. The van der Waals surface area contributed by atoms with Crippen molar-refractivity contribution in [1.82, 2.24) is 4.57 Å². The Morgan fingerprint density at radius 2 is 2.06 bits per heavy atom. The third-order valence-electron chi connectivity index (χ3n) is 2.65. The maximum Gasteiger partial charge on any atom is 0.340 e. The van der Waals surface area contributed by atoms with Crippen molar-refractivity contribution in [2.24, 2.45) is 0 Å². The van der Waals surface area contributed by atoms with E-state index >= 15 is 0 Å². The minimum absolute atomic E-state index is 0.422. The molecule has 0 radical (unpaired) electrons. The van der Waals surface area contributed by atoms with E-state index in [2.05, 4.69) is 0 Å². The molecule has 1 aromatic carbocycles. The first kappa shape index (κ1) is 10.4. The van der Waals surface area contributed by atoms with E-state index in [4.69, 9.17) is 4.74 Å². The van der Waals surface area contributed by atoms with Crippen LogP contribution in [0.15, 0.2) is 24.3 Å². The number of ether oxygens (including phenoxy) is 1. The summed E-state index contributed by atoms with van der Waals surface area (Å²) in [6.07, 6.45) is 0.699. The van der Waals surface area contributed by atoms with Gasteiger partial charge in [-0.2, -0.15) is 0 Å².